The van der Waals surface area contributed by atoms with Crippen LogP contribution in [0.15, 0.2) is 55.0 Å². The summed E-state index contributed by atoms with van der Waals surface area (Å²) in [5.41, 5.74) is 4.12. The Morgan fingerprint density at radius 3 is 2.78 bits per heavy atom. The minimum atomic E-state index is -0.609. The van der Waals surface area contributed by atoms with Gasteiger partial charge in [-0.15, -0.1) is 5.10 Å². The highest BCUT2D eigenvalue weighted by Gasteiger charge is 2.25. The number of aromatic amines is 1. The first-order valence-corrected chi connectivity index (χ1v) is 14.9. The van der Waals surface area contributed by atoms with Crippen LogP contribution in [0.5, 0.6) is 0 Å². The fourth-order valence-electron chi connectivity index (χ4n) is 5.12. The summed E-state index contributed by atoms with van der Waals surface area (Å²) in [6, 6.07) is 9.68. The molecule has 3 heterocycles. The van der Waals surface area contributed by atoms with Gasteiger partial charge < -0.3 is 25.1 Å². The maximum atomic E-state index is 13.2. The molecule has 1 aliphatic heterocycles. The lowest BCUT2D eigenvalue weighted by molar-refractivity contribution is -0.144. The highest BCUT2D eigenvalue weighted by Crippen LogP contribution is 2.32. The van der Waals surface area contributed by atoms with Crippen LogP contribution < -0.4 is 10.6 Å². The Morgan fingerprint density at radius 2 is 2.00 bits per heavy atom. The standard InChI is InChI=1S/C31H33ClN8O5/c1-3-45-31(43)24-7-5-4-6-23(36-28(41)13-9-20-16-21(32)10-12-27(20)40-18-34-38-39-40)30-33-17-26(37-30)22-11-8-19(14-25(22)35-24)15-29(42)44-2/h8-14,16-18,23-24,35H,3-7,15H2,1-2H3,(H,33,37)(H,36,41)/b13-9+/t23-,24-/m0/s1. The molecule has 3 N–H and O–H groups in total. The van der Waals surface area contributed by atoms with Gasteiger partial charge in [-0.3, -0.25) is 9.59 Å². The van der Waals surface area contributed by atoms with E-state index in [-0.39, 0.29) is 30.9 Å². The zero-order valence-corrected chi connectivity index (χ0v) is 25.6. The van der Waals surface area contributed by atoms with E-state index >= 15 is 0 Å². The van der Waals surface area contributed by atoms with Gasteiger partial charge in [0.2, 0.25) is 5.91 Å². The summed E-state index contributed by atoms with van der Waals surface area (Å²) in [5.74, 6) is -0.465. The largest absolute Gasteiger partial charge is 0.469 e. The van der Waals surface area contributed by atoms with Crippen LogP contribution in [0.1, 0.15) is 55.6 Å². The van der Waals surface area contributed by atoms with Gasteiger partial charge >= 0.3 is 11.9 Å². The smallest absolute Gasteiger partial charge is 0.328 e. The fourth-order valence-corrected chi connectivity index (χ4v) is 5.30. The molecule has 1 aliphatic rings. The number of benzene rings is 2. The number of aromatic nitrogens is 6. The SMILES string of the molecule is CCOC(=O)[C@@H]1CCCC[C@H](NC(=O)/C=C/c2cc(Cl)ccc2-n2cnnn2)c2ncc([nH]2)-c2ccc(CC(=O)OC)cc2N1. The third kappa shape index (κ3) is 7.92. The Kier molecular flexibility index (Phi) is 10.2. The molecule has 0 radical (unpaired) electrons. The summed E-state index contributed by atoms with van der Waals surface area (Å²) >= 11 is 6.22. The molecule has 5 rings (SSSR count). The van der Waals surface area contributed by atoms with Crippen LogP contribution in [0.25, 0.3) is 23.0 Å². The molecule has 45 heavy (non-hydrogen) atoms. The number of nitrogens with one attached hydrogen (secondary N) is 3. The maximum Gasteiger partial charge on any atom is 0.328 e. The monoisotopic (exact) mass is 632 g/mol. The van der Waals surface area contributed by atoms with Gasteiger partial charge in [0.05, 0.1) is 43.8 Å². The summed E-state index contributed by atoms with van der Waals surface area (Å²) < 4.78 is 11.7. The molecule has 2 bridgehead atoms. The van der Waals surface area contributed by atoms with E-state index in [2.05, 4.69) is 36.1 Å². The number of carbonyl (C=O) groups is 3. The molecule has 2 atom stereocenters. The van der Waals surface area contributed by atoms with Gasteiger partial charge in [0.15, 0.2) is 0 Å². The number of anilines is 1. The topological polar surface area (TPSA) is 166 Å². The van der Waals surface area contributed by atoms with Crippen molar-refractivity contribution in [3.63, 3.8) is 0 Å². The van der Waals surface area contributed by atoms with E-state index in [9.17, 15) is 14.4 Å². The zero-order valence-electron chi connectivity index (χ0n) is 24.8. The molecule has 1 amide bonds. The molecule has 0 fully saturated rings. The number of esters is 2. The van der Waals surface area contributed by atoms with E-state index in [0.29, 0.717) is 59.2 Å². The van der Waals surface area contributed by atoms with Crippen LogP contribution in [0.4, 0.5) is 5.69 Å². The summed E-state index contributed by atoms with van der Waals surface area (Å²) in [7, 11) is 1.34. The lowest BCUT2D eigenvalue weighted by atomic mass is 10.0. The fraction of sp³-hybridized carbons (Fsp3) is 0.323. The van der Waals surface area contributed by atoms with E-state index in [1.807, 2.05) is 18.2 Å². The number of halogens is 1. The lowest BCUT2D eigenvalue weighted by Gasteiger charge is -2.22. The van der Waals surface area contributed by atoms with Crippen molar-refractivity contribution in [2.24, 2.45) is 0 Å². The zero-order chi connectivity index (χ0) is 31.8. The highest BCUT2D eigenvalue weighted by molar-refractivity contribution is 6.30. The quantitative estimate of drug-likeness (QED) is 0.189. The van der Waals surface area contributed by atoms with Crippen LogP contribution in [-0.2, 0) is 30.3 Å². The van der Waals surface area contributed by atoms with Gasteiger partial charge in [0, 0.05) is 27.9 Å². The molecule has 2 aromatic heterocycles. The van der Waals surface area contributed by atoms with Gasteiger partial charge in [0.25, 0.3) is 0 Å². The first-order valence-electron chi connectivity index (χ1n) is 14.5. The number of amides is 1. The average molecular weight is 633 g/mol. The molecule has 13 nitrogen and oxygen atoms in total. The third-order valence-corrected chi connectivity index (χ3v) is 7.56. The van der Waals surface area contributed by atoms with E-state index in [1.165, 1.54) is 24.2 Å². The normalized spacial score (nSPS) is 16.5. The molecule has 0 aliphatic carbocycles. The van der Waals surface area contributed by atoms with Gasteiger partial charge in [-0.1, -0.05) is 36.6 Å². The number of H-pyrrole nitrogens is 1. The molecular weight excluding hydrogens is 600 g/mol. The summed E-state index contributed by atoms with van der Waals surface area (Å²) in [6.45, 7) is 2.02. The highest BCUT2D eigenvalue weighted by atomic mass is 35.5. The minimum absolute atomic E-state index is 0.0811. The first-order chi connectivity index (χ1) is 21.8. The summed E-state index contributed by atoms with van der Waals surface area (Å²) in [4.78, 5) is 46.0. The van der Waals surface area contributed by atoms with Crippen LogP contribution in [-0.4, -0.2) is 67.8 Å². The van der Waals surface area contributed by atoms with Crippen LogP contribution >= 0.6 is 11.6 Å². The van der Waals surface area contributed by atoms with Crippen molar-refractivity contribution in [2.75, 3.05) is 19.0 Å². The Hall–Kier alpha value is -5.04. The Balaban J connectivity index is 1.41. The van der Waals surface area contributed by atoms with Crippen molar-refractivity contribution in [1.82, 2.24) is 35.5 Å². The first kappa shape index (κ1) is 31.4. The molecule has 14 heteroatoms. The van der Waals surface area contributed by atoms with Crippen LogP contribution in [0.2, 0.25) is 5.02 Å². The number of carbonyl (C=O) groups excluding carboxylic acids is 3. The summed E-state index contributed by atoms with van der Waals surface area (Å²) in [6.07, 6.45) is 8.78. The third-order valence-electron chi connectivity index (χ3n) is 7.33. The number of hydrogen-bond acceptors (Lipinski definition) is 10. The molecular formula is C31H33ClN8O5. The number of imidazole rings is 1. The van der Waals surface area contributed by atoms with Gasteiger partial charge in [-0.25, -0.2) is 9.78 Å². The number of hydrogen-bond donors (Lipinski definition) is 3. The Morgan fingerprint density at radius 1 is 1.16 bits per heavy atom. The van der Waals surface area contributed by atoms with Crippen molar-refractivity contribution < 1.29 is 23.9 Å². The van der Waals surface area contributed by atoms with Crippen LogP contribution in [0.3, 0.4) is 0 Å². The van der Waals surface area contributed by atoms with Gasteiger partial charge in [-0.2, -0.15) is 4.68 Å². The van der Waals surface area contributed by atoms with Crippen molar-refractivity contribution >= 4 is 41.2 Å². The summed E-state index contributed by atoms with van der Waals surface area (Å²) in [5, 5.41) is 18.2. The van der Waals surface area contributed by atoms with Crippen molar-refractivity contribution in [3.05, 3.63) is 77.0 Å². The molecule has 0 spiro atoms. The number of tetrazole rings is 1. The van der Waals surface area contributed by atoms with E-state index < -0.39 is 12.1 Å². The molecule has 0 saturated carbocycles. The number of fused-ring (bicyclic) bond motifs is 4. The second kappa shape index (κ2) is 14.6. The second-order valence-electron chi connectivity index (χ2n) is 10.4. The number of rotatable bonds is 8. The van der Waals surface area contributed by atoms with Crippen molar-refractivity contribution in [1.29, 1.82) is 0 Å². The Bertz CT molecular complexity index is 1690. The second-order valence-corrected chi connectivity index (χ2v) is 10.8. The molecule has 2 aromatic carbocycles. The number of ether oxygens (including phenoxy) is 2. The Labute approximate surface area is 264 Å². The minimum Gasteiger partial charge on any atom is -0.469 e. The van der Waals surface area contributed by atoms with Crippen LogP contribution in [0, 0.1) is 0 Å². The molecule has 4 aromatic rings. The molecule has 0 unspecified atom stereocenters. The van der Waals surface area contributed by atoms with Crippen molar-refractivity contribution in [2.45, 2.75) is 51.1 Å². The van der Waals surface area contributed by atoms with E-state index in [1.54, 1.807) is 37.4 Å². The van der Waals surface area contributed by atoms with E-state index in [4.69, 9.17) is 21.1 Å². The molecule has 0 saturated heterocycles. The maximum absolute atomic E-state index is 13.2. The molecule has 234 valence electrons. The lowest BCUT2D eigenvalue weighted by Crippen LogP contribution is -2.32. The van der Waals surface area contributed by atoms with Gasteiger partial charge in [-0.05, 0) is 66.1 Å². The number of nitrogens with zero attached hydrogens (tertiary/aromatic N) is 5. The van der Waals surface area contributed by atoms with Crippen molar-refractivity contribution in [3.8, 4) is 16.9 Å². The van der Waals surface area contributed by atoms with E-state index in [0.717, 1.165) is 11.1 Å². The average Bonchev–Trinajstić information content (AvgIpc) is 3.74. The predicted octanol–water partition coefficient (Wildman–Crippen LogP) is 4.21. The predicted molar refractivity (Wildman–Crippen MR) is 166 cm³/mol. The van der Waals surface area contributed by atoms with Gasteiger partial charge in [0.1, 0.15) is 18.2 Å². The number of methoxy groups -OCH3 is 1.